The van der Waals surface area contributed by atoms with Crippen molar-refractivity contribution in [1.82, 2.24) is 4.98 Å². The Hall–Kier alpha value is -1.58. The Labute approximate surface area is 231 Å². The van der Waals surface area contributed by atoms with Crippen LogP contribution >= 0.6 is 0 Å². The van der Waals surface area contributed by atoms with Crippen molar-refractivity contribution in [2.24, 2.45) is 22.7 Å². The average Bonchev–Trinajstić information content (AvgIpc) is 3.34. The molecule has 2 aromatic carbocycles. The maximum absolute atomic E-state index is 10.7. The van der Waals surface area contributed by atoms with E-state index in [1.54, 1.807) is 0 Å². The van der Waals surface area contributed by atoms with Crippen LogP contribution in [0.1, 0.15) is 71.8 Å². The van der Waals surface area contributed by atoms with Crippen LogP contribution in [0.3, 0.4) is 0 Å². The fraction of sp³-hybridized carbons (Fsp3) is 0.531. The molecule has 2 fully saturated rings. The molecule has 2 aliphatic carbocycles. The number of hydrogen-bond acceptors (Lipinski definition) is 3. The molecule has 36 heavy (non-hydrogen) atoms. The van der Waals surface area contributed by atoms with Crippen molar-refractivity contribution in [2.75, 3.05) is 0 Å². The third-order valence-corrected chi connectivity index (χ3v) is 9.54. The van der Waals surface area contributed by atoms with Crippen LogP contribution in [0.2, 0.25) is 0 Å². The number of aliphatic hydroxyl groups excluding tert-OH is 2. The van der Waals surface area contributed by atoms with Crippen molar-refractivity contribution in [3.8, 4) is 11.3 Å². The first kappa shape index (κ1) is 29.0. The van der Waals surface area contributed by atoms with Crippen LogP contribution in [0.15, 0.2) is 54.7 Å². The Morgan fingerprint density at radius 3 is 1.97 bits per heavy atom. The summed E-state index contributed by atoms with van der Waals surface area (Å²) < 4.78 is 0. The zero-order valence-electron chi connectivity index (χ0n) is 22.4. The van der Waals surface area contributed by atoms with Crippen LogP contribution in [0.25, 0.3) is 22.0 Å². The molecule has 2 saturated carbocycles. The first-order valence-electron chi connectivity index (χ1n) is 13.5. The number of nitrogens with zero attached hydrogens (tertiary/aromatic N) is 1. The number of aryl methyl sites for hydroxylation is 1. The van der Waals surface area contributed by atoms with Crippen LogP contribution in [0.4, 0.5) is 0 Å². The molecule has 0 aliphatic heterocycles. The third kappa shape index (κ3) is 5.20. The Bertz CT molecular complexity index is 1100. The van der Waals surface area contributed by atoms with Gasteiger partial charge in [0, 0.05) is 32.2 Å². The van der Waals surface area contributed by atoms with Gasteiger partial charge in [0.25, 0.3) is 0 Å². The van der Waals surface area contributed by atoms with Crippen molar-refractivity contribution in [3.63, 3.8) is 0 Å². The molecular formula is C32H42IrNO2-. The molecule has 1 radical (unpaired) electrons. The smallest absolute Gasteiger partial charge is 0.0651 e. The van der Waals surface area contributed by atoms with Crippen molar-refractivity contribution >= 4 is 10.8 Å². The second-order valence-electron chi connectivity index (χ2n) is 11.0. The molecule has 0 bridgehead atoms. The Morgan fingerprint density at radius 1 is 0.861 bits per heavy atom. The molecule has 1 heterocycles. The van der Waals surface area contributed by atoms with Gasteiger partial charge in [-0.15, -0.1) is 35.9 Å². The molecule has 3 nitrogen and oxygen atoms in total. The van der Waals surface area contributed by atoms with Crippen molar-refractivity contribution in [2.45, 2.75) is 85.4 Å². The van der Waals surface area contributed by atoms with Crippen LogP contribution in [-0.2, 0) is 20.1 Å². The second-order valence-corrected chi connectivity index (χ2v) is 11.0. The van der Waals surface area contributed by atoms with E-state index < -0.39 is 0 Å². The van der Waals surface area contributed by atoms with Gasteiger partial charge in [-0.2, -0.15) is 0 Å². The summed E-state index contributed by atoms with van der Waals surface area (Å²) in [7, 11) is 0. The summed E-state index contributed by atoms with van der Waals surface area (Å²) in [6.45, 7) is 10.8. The summed E-state index contributed by atoms with van der Waals surface area (Å²) in [5.41, 5.74) is 3.42. The van der Waals surface area contributed by atoms with Gasteiger partial charge in [0.2, 0.25) is 0 Å². The Morgan fingerprint density at radius 2 is 1.47 bits per heavy atom. The van der Waals surface area contributed by atoms with E-state index in [9.17, 15) is 10.2 Å². The molecule has 2 N–H and O–H groups in total. The number of pyridine rings is 1. The standard InChI is InChI=1S/C16H12N.C16H30O2.Ir/c1-12-7-8-14-10-16(17-11-15(14)9-12)13-5-3-2-4-6-13;1-5-15(6-2)9-11-10-16(7-3,8-4)14(18)12(11)13(15)17;/h2-5,7-11H,1H3;11-14,17-18H,5-10H2,1-4H3;/q-1;;. The van der Waals surface area contributed by atoms with E-state index in [1.165, 1.54) is 16.3 Å². The minimum Gasteiger partial charge on any atom is -0.392 e. The largest absolute Gasteiger partial charge is 0.392 e. The quantitative estimate of drug-likeness (QED) is 0.280. The predicted molar refractivity (Wildman–Crippen MR) is 145 cm³/mol. The normalized spacial score (nSPS) is 25.5. The molecule has 2 aliphatic rings. The predicted octanol–water partition coefficient (Wildman–Crippen LogP) is 7.37. The summed E-state index contributed by atoms with van der Waals surface area (Å²) in [5.74, 6) is 0.666. The van der Waals surface area contributed by atoms with E-state index in [2.05, 4.69) is 69.9 Å². The molecule has 4 heteroatoms. The van der Waals surface area contributed by atoms with Gasteiger partial charge < -0.3 is 15.2 Å². The first-order chi connectivity index (χ1) is 16.8. The second kappa shape index (κ2) is 11.9. The third-order valence-electron chi connectivity index (χ3n) is 9.54. The summed E-state index contributed by atoms with van der Waals surface area (Å²) in [4.78, 5) is 4.49. The Balaban J connectivity index is 0.000000195. The van der Waals surface area contributed by atoms with Crippen LogP contribution in [-0.4, -0.2) is 27.4 Å². The maximum Gasteiger partial charge on any atom is 0.0651 e. The fourth-order valence-corrected chi connectivity index (χ4v) is 7.01. The van der Waals surface area contributed by atoms with Gasteiger partial charge in [-0.3, -0.25) is 0 Å². The summed E-state index contributed by atoms with van der Waals surface area (Å²) in [6, 6.07) is 19.6. The first-order valence-corrected chi connectivity index (χ1v) is 13.5. The molecule has 2 unspecified atom stereocenters. The summed E-state index contributed by atoms with van der Waals surface area (Å²) in [5, 5.41) is 23.9. The number of benzene rings is 2. The summed E-state index contributed by atoms with van der Waals surface area (Å²) in [6.07, 6.45) is 7.71. The van der Waals surface area contributed by atoms with Gasteiger partial charge in [0.05, 0.1) is 12.2 Å². The molecule has 0 spiro atoms. The fourth-order valence-electron chi connectivity index (χ4n) is 7.01. The van der Waals surface area contributed by atoms with Gasteiger partial charge >= 0.3 is 0 Å². The van der Waals surface area contributed by atoms with Gasteiger partial charge in [0.15, 0.2) is 0 Å². The Kier molecular flexibility index (Phi) is 9.55. The number of rotatable bonds is 5. The zero-order valence-corrected chi connectivity index (χ0v) is 24.8. The van der Waals surface area contributed by atoms with Gasteiger partial charge in [-0.05, 0) is 84.7 Å². The molecule has 0 amide bonds. The maximum atomic E-state index is 10.7. The number of aromatic nitrogens is 1. The van der Waals surface area contributed by atoms with E-state index in [0.29, 0.717) is 5.92 Å². The summed E-state index contributed by atoms with van der Waals surface area (Å²) >= 11 is 0. The minimum absolute atomic E-state index is 0. The molecule has 3 aromatic rings. The average molecular weight is 665 g/mol. The molecule has 5 rings (SSSR count). The SMILES string of the molecule is CCC1(CC)CC2CC(CC)(CC)C(O)C2C1O.Cc1ccc2cc(-c3[c-]cccc3)ncc2c1.[Ir]. The van der Waals surface area contributed by atoms with E-state index >= 15 is 0 Å². The van der Waals surface area contributed by atoms with E-state index in [1.807, 2.05) is 30.5 Å². The topological polar surface area (TPSA) is 53.4 Å². The minimum atomic E-state index is -0.299. The molecule has 1 aromatic heterocycles. The zero-order chi connectivity index (χ0) is 25.2. The van der Waals surface area contributed by atoms with E-state index in [0.717, 1.165) is 49.8 Å². The number of hydrogen-bond donors (Lipinski definition) is 2. The number of fused-ring (bicyclic) bond motifs is 2. The van der Waals surface area contributed by atoms with E-state index in [-0.39, 0.29) is 49.1 Å². The van der Waals surface area contributed by atoms with Gasteiger partial charge in [-0.1, -0.05) is 51.5 Å². The van der Waals surface area contributed by atoms with Crippen LogP contribution in [0.5, 0.6) is 0 Å². The van der Waals surface area contributed by atoms with Gasteiger partial charge in [0.1, 0.15) is 0 Å². The molecular weight excluding hydrogens is 623 g/mol. The van der Waals surface area contributed by atoms with Gasteiger partial charge in [-0.25, -0.2) is 0 Å². The van der Waals surface area contributed by atoms with Crippen LogP contribution < -0.4 is 0 Å². The molecule has 0 saturated heterocycles. The van der Waals surface area contributed by atoms with Crippen molar-refractivity contribution in [1.29, 1.82) is 0 Å². The number of aliphatic hydroxyl groups is 2. The monoisotopic (exact) mass is 665 g/mol. The van der Waals surface area contributed by atoms with E-state index in [4.69, 9.17) is 0 Å². The molecule has 197 valence electrons. The molecule has 2 atom stereocenters. The van der Waals surface area contributed by atoms with Crippen LogP contribution in [0, 0.1) is 35.7 Å². The van der Waals surface area contributed by atoms with Crippen molar-refractivity contribution in [3.05, 3.63) is 66.4 Å². The van der Waals surface area contributed by atoms with Crippen molar-refractivity contribution < 1.29 is 30.3 Å².